The van der Waals surface area contributed by atoms with Crippen LogP contribution >= 0.6 is 0 Å². The highest BCUT2D eigenvalue weighted by molar-refractivity contribution is 6.05. The standard InChI is InChI=1S/C14H14FN3O/c1-8-11(15)6-10(7-12(8)16)14(19)18-13-4-3-5-17-9(13)2/h3-7H,16H2,1-2H3,(H,18,19). The predicted octanol–water partition coefficient (Wildman–Crippen LogP) is 2.67. The number of nitrogens with one attached hydrogen (secondary N) is 1. The number of nitrogens with zero attached hydrogens (tertiary/aromatic N) is 1. The Balaban J connectivity index is 2.28. The van der Waals surface area contributed by atoms with Crippen LogP contribution in [0.25, 0.3) is 0 Å². The number of pyridine rings is 1. The molecule has 2 rings (SSSR count). The molecule has 3 N–H and O–H groups in total. The number of benzene rings is 1. The largest absolute Gasteiger partial charge is 0.398 e. The van der Waals surface area contributed by atoms with Crippen molar-refractivity contribution in [2.24, 2.45) is 0 Å². The Morgan fingerprint density at radius 3 is 2.74 bits per heavy atom. The molecular weight excluding hydrogens is 245 g/mol. The number of hydrogen-bond donors (Lipinski definition) is 2. The Hall–Kier alpha value is -2.43. The van der Waals surface area contributed by atoms with E-state index in [9.17, 15) is 9.18 Å². The summed E-state index contributed by atoms with van der Waals surface area (Å²) in [6, 6.07) is 6.08. The molecule has 0 unspecified atom stereocenters. The number of aromatic nitrogens is 1. The molecule has 1 aromatic carbocycles. The molecule has 19 heavy (non-hydrogen) atoms. The molecular formula is C14H14FN3O. The molecule has 0 aliphatic rings. The summed E-state index contributed by atoms with van der Waals surface area (Å²) in [7, 11) is 0. The minimum Gasteiger partial charge on any atom is -0.398 e. The Morgan fingerprint density at radius 1 is 1.37 bits per heavy atom. The van der Waals surface area contributed by atoms with Gasteiger partial charge in [0.25, 0.3) is 5.91 Å². The highest BCUT2D eigenvalue weighted by Gasteiger charge is 2.12. The zero-order chi connectivity index (χ0) is 14.0. The van der Waals surface area contributed by atoms with Crippen LogP contribution in [0.5, 0.6) is 0 Å². The summed E-state index contributed by atoms with van der Waals surface area (Å²) in [5.74, 6) is -0.908. The highest BCUT2D eigenvalue weighted by Crippen LogP contribution is 2.19. The monoisotopic (exact) mass is 259 g/mol. The quantitative estimate of drug-likeness (QED) is 0.815. The first-order valence-electron chi connectivity index (χ1n) is 5.77. The minimum absolute atomic E-state index is 0.184. The van der Waals surface area contributed by atoms with Crippen molar-refractivity contribution in [3.05, 3.63) is 53.1 Å². The van der Waals surface area contributed by atoms with Gasteiger partial charge in [-0.2, -0.15) is 0 Å². The molecule has 0 saturated carbocycles. The summed E-state index contributed by atoms with van der Waals surface area (Å²) < 4.78 is 13.5. The van der Waals surface area contributed by atoms with Crippen molar-refractivity contribution < 1.29 is 9.18 Å². The summed E-state index contributed by atoms with van der Waals surface area (Å²) in [5.41, 5.74) is 7.71. The van der Waals surface area contributed by atoms with E-state index in [0.29, 0.717) is 16.9 Å². The number of carbonyl (C=O) groups is 1. The number of halogens is 1. The lowest BCUT2D eigenvalue weighted by molar-refractivity contribution is 0.102. The van der Waals surface area contributed by atoms with Gasteiger partial charge < -0.3 is 11.1 Å². The van der Waals surface area contributed by atoms with Crippen LogP contribution in [-0.2, 0) is 0 Å². The first-order chi connectivity index (χ1) is 8.99. The summed E-state index contributed by atoms with van der Waals surface area (Å²) in [5, 5.41) is 2.68. The van der Waals surface area contributed by atoms with Gasteiger partial charge in [-0.1, -0.05) is 0 Å². The molecule has 0 radical (unpaired) electrons. The Bertz CT molecular complexity index is 617. The molecule has 1 aromatic heterocycles. The Labute approximate surface area is 110 Å². The second-order valence-corrected chi connectivity index (χ2v) is 4.26. The average molecular weight is 259 g/mol. The van der Waals surface area contributed by atoms with Crippen molar-refractivity contribution in [3.63, 3.8) is 0 Å². The van der Waals surface area contributed by atoms with Gasteiger partial charge in [0.1, 0.15) is 5.82 Å². The van der Waals surface area contributed by atoms with E-state index in [1.165, 1.54) is 12.1 Å². The predicted molar refractivity (Wildman–Crippen MR) is 72.5 cm³/mol. The average Bonchev–Trinajstić information content (AvgIpc) is 2.38. The van der Waals surface area contributed by atoms with E-state index < -0.39 is 11.7 Å². The van der Waals surface area contributed by atoms with E-state index in [1.54, 1.807) is 32.2 Å². The first kappa shape index (κ1) is 13.0. The smallest absolute Gasteiger partial charge is 0.255 e. The van der Waals surface area contributed by atoms with Gasteiger partial charge in [0.15, 0.2) is 0 Å². The molecule has 0 bridgehead atoms. The number of hydrogen-bond acceptors (Lipinski definition) is 3. The van der Waals surface area contributed by atoms with Gasteiger partial charge >= 0.3 is 0 Å². The van der Waals surface area contributed by atoms with Crippen molar-refractivity contribution in [1.29, 1.82) is 0 Å². The van der Waals surface area contributed by atoms with E-state index in [0.717, 1.165) is 0 Å². The van der Waals surface area contributed by atoms with Gasteiger partial charge in [-0.05, 0) is 38.1 Å². The molecule has 0 saturated heterocycles. The maximum Gasteiger partial charge on any atom is 0.255 e. The molecule has 2 aromatic rings. The Morgan fingerprint density at radius 2 is 2.11 bits per heavy atom. The molecule has 0 aliphatic heterocycles. The zero-order valence-corrected chi connectivity index (χ0v) is 10.7. The van der Waals surface area contributed by atoms with Gasteiger partial charge in [0.05, 0.1) is 11.4 Å². The topological polar surface area (TPSA) is 68.0 Å². The number of nitrogen functional groups attached to an aromatic ring is 1. The molecule has 0 atom stereocenters. The third kappa shape index (κ3) is 2.70. The van der Waals surface area contributed by atoms with Crippen LogP contribution in [0.1, 0.15) is 21.6 Å². The lowest BCUT2D eigenvalue weighted by atomic mass is 10.1. The molecule has 98 valence electrons. The van der Waals surface area contributed by atoms with E-state index in [-0.39, 0.29) is 11.3 Å². The first-order valence-corrected chi connectivity index (χ1v) is 5.77. The SMILES string of the molecule is Cc1ncccc1NC(=O)c1cc(N)c(C)c(F)c1. The van der Waals surface area contributed by atoms with E-state index in [2.05, 4.69) is 10.3 Å². The molecule has 1 amide bonds. The van der Waals surface area contributed by atoms with Crippen LogP contribution < -0.4 is 11.1 Å². The molecule has 4 nitrogen and oxygen atoms in total. The van der Waals surface area contributed by atoms with Crippen molar-refractivity contribution in [2.45, 2.75) is 13.8 Å². The second-order valence-electron chi connectivity index (χ2n) is 4.26. The van der Waals surface area contributed by atoms with Gasteiger partial charge in [-0.25, -0.2) is 4.39 Å². The van der Waals surface area contributed by atoms with Crippen molar-refractivity contribution >= 4 is 17.3 Å². The molecule has 1 heterocycles. The van der Waals surface area contributed by atoms with Gasteiger partial charge in [-0.3, -0.25) is 9.78 Å². The Kier molecular flexibility index (Phi) is 3.46. The summed E-state index contributed by atoms with van der Waals surface area (Å²) in [6.07, 6.45) is 1.63. The van der Waals surface area contributed by atoms with Gasteiger partial charge in [-0.15, -0.1) is 0 Å². The summed E-state index contributed by atoms with van der Waals surface area (Å²) >= 11 is 0. The number of aryl methyl sites for hydroxylation is 1. The van der Waals surface area contributed by atoms with Gasteiger partial charge in [0, 0.05) is 23.0 Å². The van der Waals surface area contributed by atoms with Crippen LogP contribution in [-0.4, -0.2) is 10.9 Å². The van der Waals surface area contributed by atoms with Crippen LogP contribution in [0, 0.1) is 19.7 Å². The van der Waals surface area contributed by atoms with Crippen LogP contribution in [0.2, 0.25) is 0 Å². The van der Waals surface area contributed by atoms with Crippen molar-refractivity contribution in [1.82, 2.24) is 4.98 Å². The zero-order valence-electron chi connectivity index (χ0n) is 10.7. The number of carbonyl (C=O) groups excluding carboxylic acids is 1. The fourth-order valence-electron chi connectivity index (χ4n) is 1.64. The number of rotatable bonds is 2. The van der Waals surface area contributed by atoms with E-state index in [1.807, 2.05) is 0 Å². The second kappa shape index (κ2) is 5.06. The lowest BCUT2D eigenvalue weighted by Gasteiger charge is -2.09. The number of anilines is 2. The fraction of sp³-hybridized carbons (Fsp3) is 0.143. The third-order valence-corrected chi connectivity index (χ3v) is 2.90. The van der Waals surface area contributed by atoms with Crippen molar-refractivity contribution in [3.8, 4) is 0 Å². The van der Waals surface area contributed by atoms with E-state index >= 15 is 0 Å². The minimum atomic E-state index is -0.493. The van der Waals surface area contributed by atoms with Gasteiger partial charge in [0.2, 0.25) is 0 Å². The van der Waals surface area contributed by atoms with Crippen LogP contribution in [0.3, 0.4) is 0 Å². The third-order valence-electron chi connectivity index (χ3n) is 2.90. The van der Waals surface area contributed by atoms with Crippen LogP contribution in [0.15, 0.2) is 30.5 Å². The number of nitrogens with two attached hydrogens (primary N) is 1. The molecule has 5 heteroatoms. The summed E-state index contributed by atoms with van der Waals surface area (Å²) in [6.45, 7) is 3.34. The van der Waals surface area contributed by atoms with Crippen molar-refractivity contribution in [2.75, 3.05) is 11.1 Å². The maximum absolute atomic E-state index is 13.5. The normalized spacial score (nSPS) is 10.3. The fourth-order valence-corrected chi connectivity index (χ4v) is 1.64. The lowest BCUT2D eigenvalue weighted by Crippen LogP contribution is -2.14. The highest BCUT2D eigenvalue weighted by atomic mass is 19.1. The molecule has 0 aliphatic carbocycles. The molecule has 0 fully saturated rings. The maximum atomic E-state index is 13.5. The molecule has 0 spiro atoms. The van der Waals surface area contributed by atoms with E-state index in [4.69, 9.17) is 5.73 Å². The number of amides is 1. The summed E-state index contributed by atoms with van der Waals surface area (Å²) in [4.78, 5) is 16.1. The van der Waals surface area contributed by atoms with Crippen LogP contribution in [0.4, 0.5) is 15.8 Å².